The van der Waals surface area contributed by atoms with Gasteiger partial charge in [0.25, 0.3) is 0 Å². The molecule has 0 atom stereocenters. The molecule has 0 aromatic carbocycles. The van der Waals surface area contributed by atoms with Crippen molar-refractivity contribution in [1.82, 2.24) is 15.0 Å². The zero-order valence-electron chi connectivity index (χ0n) is 8.34. The molecule has 4 nitrogen and oxygen atoms in total. The minimum absolute atomic E-state index is 0.0492. The predicted molar refractivity (Wildman–Crippen MR) is 57.6 cm³/mol. The van der Waals surface area contributed by atoms with Gasteiger partial charge in [-0.3, -0.25) is 0 Å². The number of thiazole rings is 1. The van der Waals surface area contributed by atoms with Crippen molar-refractivity contribution in [3.05, 3.63) is 39.9 Å². The molecule has 1 N–H and O–H groups in total. The van der Waals surface area contributed by atoms with Gasteiger partial charge in [0.05, 0.1) is 18.7 Å². The number of hydrogen-bond acceptors (Lipinski definition) is 5. The summed E-state index contributed by atoms with van der Waals surface area (Å²) in [5.74, 6) is 0.705. The molecule has 78 valence electrons. The summed E-state index contributed by atoms with van der Waals surface area (Å²) in [5, 5.41) is 11.9. The number of aliphatic hydroxyl groups is 1. The minimum Gasteiger partial charge on any atom is -0.390 e. The second kappa shape index (κ2) is 4.46. The average molecular weight is 221 g/mol. The van der Waals surface area contributed by atoms with Crippen molar-refractivity contribution in [2.45, 2.75) is 20.0 Å². The topological polar surface area (TPSA) is 58.9 Å². The van der Waals surface area contributed by atoms with Crippen LogP contribution >= 0.6 is 11.3 Å². The fourth-order valence-corrected chi connectivity index (χ4v) is 2.00. The molecular weight excluding hydrogens is 210 g/mol. The minimum atomic E-state index is -0.0492. The van der Waals surface area contributed by atoms with Crippen LogP contribution in [0.25, 0.3) is 0 Å². The summed E-state index contributed by atoms with van der Waals surface area (Å²) in [7, 11) is 0. The summed E-state index contributed by atoms with van der Waals surface area (Å²) in [6, 6.07) is 1.70. The van der Waals surface area contributed by atoms with E-state index >= 15 is 0 Å². The summed E-state index contributed by atoms with van der Waals surface area (Å²) in [6.45, 7) is 1.91. The number of aliphatic hydroxyl groups excluding tert-OH is 1. The van der Waals surface area contributed by atoms with Crippen molar-refractivity contribution in [3.8, 4) is 0 Å². The molecule has 5 heteroatoms. The molecule has 0 fully saturated rings. The lowest BCUT2D eigenvalue weighted by Crippen LogP contribution is -1.99. The predicted octanol–water partition coefficient (Wildman–Crippen LogP) is 1.32. The number of hydrogen-bond donors (Lipinski definition) is 1. The quantitative estimate of drug-likeness (QED) is 0.849. The molecule has 15 heavy (non-hydrogen) atoms. The van der Waals surface area contributed by atoms with E-state index in [0.29, 0.717) is 17.9 Å². The highest BCUT2D eigenvalue weighted by Crippen LogP contribution is 2.12. The van der Waals surface area contributed by atoms with E-state index in [4.69, 9.17) is 5.11 Å². The number of rotatable bonds is 3. The third-order valence-electron chi connectivity index (χ3n) is 1.90. The highest BCUT2D eigenvalue weighted by molar-refractivity contribution is 7.09. The molecule has 0 aliphatic carbocycles. The Balaban J connectivity index is 2.16. The van der Waals surface area contributed by atoms with Gasteiger partial charge in [-0.15, -0.1) is 11.3 Å². The molecule has 0 aliphatic rings. The Labute approximate surface area is 91.7 Å². The maximum Gasteiger partial charge on any atom is 0.135 e. The fourth-order valence-electron chi connectivity index (χ4n) is 1.23. The van der Waals surface area contributed by atoms with E-state index in [0.717, 1.165) is 10.7 Å². The smallest absolute Gasteiger partial charge is 0.135 e. The first-order valence-corrected chi connectivity index (χ1v) is 5.48. The maximum absolute atomic E-state index is 8.93. The third kappa shape index (κ3) is 2.57. The van der Waals surface area contributed by atoms with E-state index in [2.05, 4.69) is 15.0 Å². The first kappa shape index (κ1) is 10.2. The van der Waals surface area contributed by atoms with Crippen molar-refractivity contribution in [1.29, 1.82) is 0 Å². The lowest BCUT2D eigenvalue weighted by atomic mass is 10.3. The van der Waals surface area contributed by atoms with Crippen LogP contribution in [-0.4, -0.2) is 20.1 Å². The summed E-state index contributed by atoms with van der Waals surface area (Å²) in [5.41, 5.74) is 1.67. The Morgan fingerprint density at radius 1 is 1.40 bits per heavy atom. The molecule has 0 radical (unpaired) electrons. The van der Waals surface area contributed by atoms with Crippen LogP contribution in [0.5, 0.6) is 0 Å². The monoisotopic (exact) mass is 221 g/mol. The Morgan fingerprint density at radius 2 is 2.27 bits per heavy atom. The normalized spacial score (nSPS) is 10.5. The summed E-state index contributed by atoms with van der Waals surface area (Å²) >= 11 is 1.60. The second-order valence-electron chi connectivity index (χ2n) is 3.18. The van der Waals surface area contributed by atoms with Crippen molar-refractivity contribution >= 4 is 11.3 Å². The van der Waals surface area contributed by atoms with Gasteiger partial charge in [-0.25, -0.2) is 15.0 Å². The summed E-state index contributed by atoms with van der Waals surface area (Å²) < 4.78 is 0. The average Bonchev–Trinajstić information content (AvgIpc) is 2.64. The zero-order valence-corrected chi connectivity index (χ0v) is 9.16. The third-order valence-corrected chi connectivity index (χ3v) is 2.87. The highest BCUT2D eigenvalue weighted by atomic mass is 32.1. The molecule has 0 saturated heterocycles. The summed E-state index contributed by atoms with van der Waals surface area (Å²) in [4.78, 5) is 12.7. The Morgan fingerprint density at radius 3 is 2.93 bits per heavy atom. The van der Waals surface area contributed by atoms with Crippen LogP contribution in [0.4, 0.5) is 0 Å². The molecule has 0 spiro atoms. The lowest BCUT2D eigenvalue weighted by molar-refractivity contribution is 0.276. The Kier molecular flexibility index (Phi) is 3.03. The molecule has 0 bridgehead atoms. The number of aromatic nitrogens is 3. The molecule has 2 heterocycles. The van der Waals surface area contributed by atoms with E-state index in [9.17, 15) is 0 Å². The molecule has 0 amide bonds. The number of aryl methyl sites for hydroxylation is 1. The first-order valence-electron chi connectivity index (χ1n) is 4.60. The fraction of sp³-hybridized carbons (Fsp3) is 0.300. The van der Waals surface area contributed by atoms with Gasteiger partial charge in [-0.1, -0.05) is 0 Å². The standard InChI is InChI=1S/C10H11N3OS/c1-7-6-15-10(12-7)4-9-11-3-2-8(5-14)13-9/h2-3,6,14H,4-5H2,1H3. The van der Waals surface area contributed by atoms with Crippen LogP contribution in [0.2, 0.25) is 0 Å². The van der Waals surface area contributed by atoms with Crippen molar-refractivity contribution < 1.29 is 5.11 Å². The first-order chi connectivity index (χ1) is 7.28. The van der Waals surface area contributed by atoms with Gasteiger partial charge in [0.1, 0.15) is 10.8 Å². The van der Waals surface area contributed by atoms with Crippen molar-refractivity contribution in [3.63, 3.8) is 0 Å². The molecule has 0 aliphatic heterocycles. The highest BCUT2D eigenvalue weighted by Gasteiger charge is 2.03. The van der Waals surface area contributed by atoms with Gasteiger partial charge in [0, 0.05) is 17.3 Å². The van der Waals surface area contributed by atoms with Crippen LogP contribution in [-0.2, 0) is 13.0 Å². The van der Waals surface area contributed by atoms with E-state index in [1.54, 1.807) is 23.6 Å². The van der Waals surface area contributed by atoms with Gasteiger partial charge in [-0.2, -0.15) is 0 Å². The van der Waals surface area contributed by atoms with Gasteiger partial charge < -0.3 is 5.11 Å². The largest absolute Gasteiger partial charge is 0.390 e. The van der Waals surface area contributed by atoms with E-state index in [1.165, 1.54) is 0 Å². The van der Waals surface area contributed by atoms with E-state index in [1.807, 2.05) is 12.3 Å². The molecule has 0 unspecified atom stereocenters. The maximum atomic E-state index is 8.93. The zero-order chi connectivity index (χ0) is 10.7. The second-order valence-corrected chi connectivity index (χ2v) is 4.12. The van der Waals surface area contributed by atoms with Crippen LogP contribution in [0.3, 0.4) is 0 Å². The van der Waals surface area contributed by atoms with Gasteiger partial charge in [0.15, 0.2) is 0 Å². The van der Waals surface area contributed by atoms with Crippen molar-refractivity contribution in [2.24, 2.45) is 0 Å². The molecule has 2 aromatic rings. The number of nitrogens with zero attached hydrogens (tertiary/aromatic N) is 3. The molecule has 0 saturated carbocycles. The van der Waals surface area contributed by atoms with Gasteiger partial charge in [0.2, 0.25) is 0 Å². The van der Waals surface area contributed by atoms with Crippen LogP contribution in [0.1, 0.15) is 22.2 Å². The van der Waals surface area contributed by atoms with Gasteiger partial charge >= 0.3 is 0 Å². The van der Waals surface area contributed by atoms with Crippen LogP contribution < -0.4 is 0 Å². The van der Waals surface area contributed by atoms with Crippen LogP contribution in [0.15, 0.2) is 17.6 Å². The van der Waals surface area contributed by atoms with E-state index in [-0.39, 0.29) is 6.61 Å². The Hall–Kier alpha value is -1.33. The summed E-state index contributed by atoms with van der Waals surface area (Å²) in [6.07, 6.45) is 2.29. The molecular formula is C10H11N3OS. The molecule has 2 rings (SSSR count). The Bertz CT molecular complexity index is 455. The van der Waals surface area contributed by atoms with Crippen molar-refractivity contribution in [2.75, 3.05) is 0 Å². The lowest BCUT2D eigenvalue weighted by Gasteiger charge is -1.98. The van der Waals surface area contributed by atoms with Crippen LogP contribution in [0, 0.1) is 6.92 Å². The SMILES string of the molecule is Cc1csc(Cc2nccc(CO)n2)n1. The molecule has 2 aromatic heterocycles. The van der Waals surface area contributed by atoms with Gasteiger partial charge in [-0.05, 0) is 13.0 Å². The van der Waals surface area contributed by atoms with E-state index < -0.39 is 0 Å².